The molecule has 2 aromatic carbocycles. The summed E-state index contributed by atoms with van der Waals surface area (Å²) in [5.74, 6) is 1.45. The first-order valence-corrected chi connectivity index (χ1v) is 7.05. The fourth-order valence-corrected chi connectivity index (χ4v) is 2.60. The van der Waals surface area contributed by atoms with Crippen LogP contribution in [-0.2, 0) is 0 Å². The third-order valence-corrected chi connectivity index (χ3v) is 3.76. The van der Waals surface area contributed by atoms with Crippen molar-refractivity contribution in [2.24, 2.45) is 5.73 Å². The number of ether oxygens (including phenoxy) is 1. The SMILES string of the molecule is COc1cc(C)ccc1C(N)c1cc2cc(Cl)ccc2o1. The maximum absolute atomic E-state index is 6.34. The zero-order chi connectivity index (χ0) is 15.0. The molecule has 0 bridgehead atoms. The Morgan fingerprint density at radius 1 is 1.14 bits per heavy atom. The van der Waals surface area contributed by atoms with Crippen LogP contribution in [0, 0.1) is 6.92 Å². The molecule has 0 aliphatic carbocycles. The van der Waals surface area contributed by atoms with Crippen molar-refractivity contribution >= 4 is 22.6 Å². The van der Waals surface area contributed by atoms with Crippen LogP contribution in [0.3, 0.4) is 0 Å². The summed E-state index contributed by atoms with van der Waals surface area (Å²) >= 11 is 6.00. The van der Waals surface area contributed by atoms with Crippen molar-refractivity contribution in [2.45, 2.75) is 13.0 Å². The largest absolute Gasteiger partial charge is 0.496 e. The zero-order valence-corrected chi connectivity index (χ0v) is 12.6. The van der Waals surface area contributed by atoms with Crippen LogP contribution in [0.5, 0.6) is 5.75 Å². The Morgan fingerprint density at radius 2 is 1.95 bits per heavy atom. The standard InChI is InChI=1S/C17H16ClNO2/c1-10-3-5-13(15(7-10)20-2)17(19)16-9-11-8-12(18)4-6-14(11)21-16/h3-9,17H,19H2,1-2H3. The monoisotopic (exact) mass is 301 g/mol. The van der Waals surface area contributed by atoms with Crippen molar-refractivity contribution in [2.75, 3.05) is 7.11 Å². The van der Waals surface area contributed by atoms with Crippen molar-refractivity contribution in [3.05, 3.63) is 64.4 Å². The van der Waals surface area contributed by atoms with Crippen LogP contribution in [0.25, 0.3) is 11.0 Å². The molecule has 0 spiro atoms. The molecule has 4 heteroatoms. The maximum Gasteiger partial charge on any atom is 0.134 e. The second-order valence-corrected chi connectivity index (χ2v) is 5.49. The Balaban J connectivity index is 2.05. The number of halogens is 1. The Labute approximate surface area is 128 Å². The Morgan fingerprint density at radius 3 is 2.71 bits per heavy atom. The van der Waals surface area contributed by atoms with Gasteiger partial charge in [0.2, 0.25) is 0 Å². The molecule has 3 nitrogen and oxygen atoms in total. The summed E-state index contributed by atoms with van der Waals surface area (Å²) in [4.78, 5) is 0. The summed E-state index contributed by atoms with van der Waals surface area (Å²) in [7, 11) is 1.64. The smallest absolute Gasteiger partial charge is 0.134 e. The third kappa shape index (κ3) is 2.62. The third-order valence-electron chi connectivity index (χ3n) is 3.53. The van der Waals surface area contributed by atoms with Crippen molar-refractivity contribution in [3.63, 3.8) is 0 Å². The van der Waals surface area contributed by atoms with Gasteiger partial charge in [0.1, 0.15) is 17.1 Å². The average Bonchev–Trinajstić information content (AvgIpc) is 2.89. The highest BCUT2D eigenvalue weighted by molar-refractivity contribution is 6.31. The molecule has 0 fully saturated rings. The average molecular weight is 302 g/mol. The van der Waals surface area contributed by atoms with E-state index in [0.717, 1.165) is 27.8 Å². The molecule has 1 unspecified atom stereocenters. The Hall–Kier alpha value is -1.97. The number of benzene rings is 2. The first-order chi connectivity index (χ1) is 10.1. The van der Waals surface area contributed by atoms with E-state index in [2.05, 4.69) is 0 Å². The molecule has 108 valence electrons. The highest BCUT2D eigenvalue weighted by Gasteiger charge is 2.18. The summed E-state index contributed by atoms with van der Waals surface area (Å²) in [6, 6.07) is 13.0. The summed E-state index contributed by atoms with van der Waals surface area (Å²) in [6.45, 7) is 2.01. The van der Waals surface area contributed by atoms with E-state index in [1.807, 2.05) is 43.3 Å². The van der Waals surface area contributed by atoms with E-state index in [-0.39, 0.29) is 6.04 Å². The number of hydrogen-bond donors (Lipinski definition) is 1. The maximum atomic E-state index is 6.34. The van der Waals surface area contributed by atoms with Gasteiger partial charge < -0.3 is 14.9 Å². The van der Waals surface area contributed by atoms with E-state index in [0.29, 0.717) is 10.8 Å². The van der Waals surface area contributed by atoms with Crippen LogP contribution in [0.1, 0.15) is 22.9 Å². The van der Waals surface area contributed by atoms with Crippen LogP contribution in [0.15, 0.2) is 46.9 Å². The Bertz CT molecular complexity index is 795. The molecule has 0 aliphatic heterocycles. The molecule has 0 amide bonds. The molecule has 1 aromatic heterocycles. The minimum absolute atomic E-state index is 0.383. The second kappa shape index (κ2) is 5.43. The van der Waals surface area contributed by atoms with Crippen LogP contribution < -0.4 is 10.5 Å². The normalized spacial score (nSPS) is 12.6. The van der Waals surface area contributed by atoms with Crippen LogP contribution in [-0.4, -0.2) is 7.11 Å². The number of aryl methyl sites for hydroxylation is 1. The van der Waals surface area contributed by atoms with Gasteiger partial charge in [0.25, 0.3) is 0 Å². The zero-order valence-electron chi connectivity index (χ0n) is 11.9. The van der Waals surface area contributed by atoms with Gasteiger partial charge in [0.05, 0.1) is 13.2 Å². The van der Waals surface area contributed by atoms with E-state index >= 15 is 0 Å². The highest BCUT2D eigenvalue weighted by atomic mass is 35.5. The predicted octanol–water partition coefficient (Wildman–Crippen LogP) is 4.45. The fourth-order valence-electron chi connectivity index (χ4n) is 2.42. The Kier molecular flexibility index (Phi) is 3.62. The number of nitrogens with two attached hydrogens (primary N) is 1. The molecule has 0 saturated carbocycles. The van der Waals surface area contributed by atoms with Crippen molar-refractivity contribution < 1.29 is 9.15 Å². The van der Waals surface area contributed by atoms with Crippen LogP contribution in [0.4, 0.5) is 0 Å². The van der Waals surface area contributed by atoms with Gasteiger partial charge in [-0.3, -0.25) is 0 Å². The molecule has 3 aromatic rings. The van der Waals surface area contributed by atoms with Crippen LogP contribution in [0.2, 0.25) is 5.02 Å². The van der Waals surface area contributed by atoms with Gasteiger partial charge >= 0.3 is 0 Å². The minimum atomic E-state index is -0.383. The first kappa shape index (κ1) is 14.0. The van der Waals surface area contributed by atoms with E-state index in [4.69, 9.17) is 26.5 Å². The van der Waals surface area contributed by atoms with Crippen molar-refractivity contribution in [1.82, 2.24) is 0 Å². The van der Waals surface area contributed by atoms with Gasteiger partial charge in [0.15, 0.2) is 0 Å². The lowest BCUT2D eigenvalue weighted by atomic mass is 10.0. The molecule has 0 aliphatic rings. The van der Waals surface area contributed by atoms with Crippen LogP contribution >= 0.6 is 11.6 Å². The topological polar surface area (TPSA) is 48.4 Å². The van der Waals surface area contributed by atoms with Gasteiger partial charge in [-0.1, -0.05) is 23.7 Å². The number of methoxy groups -OCH3 is 1. The predicted molar refractivity (Wildman–Crippen MR) is 85.0 cm³/mol. The van der Waals surface area contributed by atoms with Gasteiger partial charge in [-0.2, -0.15) is 0 Å². The molecule has 2 N–H and O–H groups in total. The quantitative estimate of drug-likeness (QED) is 0.777. The number of furan rings is 1. The summed E-state index contributed by atoms with van der Waals surface area (Å²) in [5, 5.41) is 1.62. The number of hydrogen-bond acceptors (Lipinski definition) is 3. The number of rotatable bonds is 3. The van der Waals surface area contributed by atoms with Crippen molar-refractivity contribution in [1.29, 1.82) is 0 Å². The molecule has 21 heavy (non-hydrogen) atoms. The highest BCUT2D eigenvalue weighted by Crippen LogP contribution is 2.32. The molecular formula is C17H16ClNO2. The van der Waals surface area contributed by atoms with Gasteiger partial charge in [-0.05, 0) is 42.8 Å². The van der Waals surface area contributed by atoms with E-state index in [1.165, 1.54) is 0 Å². The number of fused-ring (bicyclic) bond motifs is 1. The fraction of sp³-hybridized carbons (Fsp3) is 0.176. The van der Waals surface area contributed by atoms with Gasteiger partial charge in [-0.15, -0.1) is 0 Å². The summed E-state index contributed by atoms with van der Waals surface area (Å²) in [6.07, 6.45) is 0. The molecular weight excluding hydrogens is 286 g/mol. The molecule has 1 atom stereocenters. The summed E-state index contributed by atoms with van der Waals surface area (Å²) in [5.41, 5.74) is 9.13. The first-order valence-electron chi connectivity index (χ1n) is 6.67. The molecule has 0 radical (unpaired) electrons. The van der Waals surface area contributed by atoms with Gasteiger partial charge in [-0.25, -0.2) is 0 Å². The lowest BCUT2D eigenvalue weighted by Gasteiger charge is -2.14. The lowest BCUT2D eigenvalue weighted by molar-refractivity contribution is 0.404. The van der Waals surface area contributed by atoms with E-state index < -0.39 is 0 Å². The molecule has 1 heterocycles. The van der Waals surface area contributed by atoms with Gasteiger partial charge in [0, 0.05) is 16.0 Å². The minimum Gasteiger partial charge on any atom is -0.496 e. The van der Waals surface area contributed by atoms with E-state index in [9.17, 15) is 0 Å². The lowest BCUT2D eigenvalue weighted by Crippen LogP contribution is -2.12. The molecule has 0 saturated heterocycles. The van der Waals surface area contributed by atoms with Crippen molar-refractivity contribution in [3.8, 4) is 5.75 Å². The molecule has 3 rings (SSSR count). The summed E-state index contributed by atoms with van der Waals surface area (Å²) < 4.78 is 11.2. The van der Waals surface area contributed by atoms with E-state index in [1.54, 1.807) is 13.2 Å². The second-order valence-electron chi connectivity index (χ2n) is 5.05.